The highest BCUT2D eigenvalue weighted by atomic mass is 32.5. The van der Waals surface area contributed by atoms with E-state index in [1.807, 2.05) is 13.8 Å². The highest BCUT2D eigenvalue weighted by Crippen LogP contribution is 2.49. The van der Waals surface area contributed by atoms with Crippen molar-refractivity contribution in [2.45, 2.75) is 50.3 Å². The molecule has 2 saturated heterocycles. The van der Waals surface area contributed by atoms with Crippen molar-refractivity contribution in [3.05, 3.63) is 0 Å². The molecule has 143 valence electrons. The zero-order valence-electron chi connectivity index (χ0n) is 15.5. The Labute approximate surface area is 164 Å². The zero-order chi connectivity index (χ0) is 19.5. The van der Waals surface area contributed by atoms with Crippen LogP contribution in [0.3, 0.4) is 0 Å². The highest BCUT2D eigenvalue weighted by molar-refractivity contribution is 8.07. The van der Waals surface area contributed by atoms with Crippen molar-refractivity contribution < 1.29 is 32.9 Å². The third-order valence-electron chi connectivity index (χ3n) is 4.94. The monoisotopic (exact) mass is 401 g/mol. The van der Waals surface area contributed by atoms with Gasteiger partial charge in [-0.15, -0.1) is 0 Å². The zero-order valence-corrected chi connectivity index (χ0v) is 17.2. The molecular weight excluding hydrogens is 376 g/mol. The summed E-state index contributed by atoms with van der Waals surface area (Å²) in [7, 11) is 16.2. The predicted octanol–water partition coefficient (Wildman–Crippen LogP) is -0.0554. The Kier molecular flexibility index (Phi) is 8.66. The van der Waals surface area contributed by atoms with Crippen LogP contribution in [0.5, 0.6) is 0 Å². The lowest BCUT2D eigenvalue weighted by atomic mass is 9.49. The molecule has 2 aliphatic rings. The molecule has 2 aliphatic heterocycles. The molecule has 1 N–H and O–H groups in total. The normalized spacial score (nSPS) is 42.7. The average molecular weight is 401 g/mol. The maximum atomic E-state index is 10.4. The van der Waals surface area contributed by atoms with Crippen LogP contribution < -0.4 is 0 Å². The van der Waals surface area contributed by atoms with Crippen LogP contribution in [-0.2, 0) is 39.8 Å². The molecule has 3 unspecified atom stereocenters. The maximum absolute atomic E-state index is 10.4. The van der Waals surface area contributed by atoms with Crippen molar-refractivity contribution in [2.24, 2.45) is 11.8 Å². The van der Waals surface area contributed by atoms with Crippen LogP contribution in [-0.4, -0.2) is 91.5 Å². The van der Waals surface area contributed by atoms with Crippen molar-refractivity contribution in [1.29, 1.82) is 0 Å². The molecule has 26 heavy (non-hydrogen) atoms. The standard InChI is InChI=1S/C14H25B3O7PS/c1-7-9(5-19-3)22-13(15)12(7)24-25(18,26)21-6-10-11(20-4)8(2)14(17-16)23-10/h7-14H,5-6H2,1-4H3,(H,18,26)/t7?,8-,9+,10+,11?,12-,13+,14+,25?/m0/s1. The van der Waals surface area contributed by atoms with Crippen LogP contribution >= 0.6 is 6.72 Å². The largest absolute Gasteiger partial charge is 0.382 e. The maximum Gasteiger partial charge on any atom is 0.324 e. The lowest BCUT2D eigenvalue weighted by Crippen LogP contribution is -2.32. The predicted molar refractivity (Wildman–Crippen MR) is 103 cm³/mol. The van der Waals surface area contributed by atoms with Crippen LogP contribution in [0.4, 0.5) is 0 Å². The number of rotatable bonds is 9. The molecule has 0 aromatic carbocycles. The van der Waals surface area contributed by atoms with E-state index in [2.05, 4.69) is 0 Å². The molecule has 2 heterocycles. The van der Waals surface area contributed by atoms with Gasteiger partial charge >= 0.3 is 6.72 Å². The fraction of sp³-hybridized carbons (Fsp3) is 1.00. The number of methoxy groups -OCH3 is 2. The molecule has 2 rings (SSSR count). The first-order chi connectivity index (χ1) is 12.2. The topological polar surface area (TPSA) is 75.6 Å². The van der Waals surface area contributed by atoms with Crippen LogP contribution in [0.15, 0.2) is 0 Å². The molecule has 0 bridgehead atoms. The molecule has 0 saturated carbocycles. The Morgan fingerprint density at radius 3 is 2.38 bits per heavy atom. The van der Waals surface area contributed by atoms with Crippen LogP contribution in [0.25, 0.3) is 0 Å². The fourth-order valence-electron chi connectivity index (χ4n) is 3.43. The number of ether oxygens (including phenoxy) is 4. The third-order valence-corrected chi connectivity index (χ3v) is 6.50. The number of hydrogen-bond acceptors (Lipinski definition) is 7. The van der Waals surface area contributed by atoms with Gasteiger partial charge in [-0.3, -0.25) is 0 Å². The SMILES string of the molecule is [B][B][C@@H]1O[C@H](COP(O)(=S)O[C@H]2C(C)[C@@H](COC)O[C@H]2[B])C(OC)[C@@H]1C. The summed E-state index contributed by atoms with van der Waals surface area (Å²) in [5.74, 6) is -0.0451. The second kappa shape index (κ2) is 9.85. The summed E-state index contributed by atoms with van der Waals surface area (Å²) in [6.07, 6.45) is -1.45. The molecule has 12 heteroatoms. The third kappa shape index (κ3) is 5.34. The van der Waals surface area contributed by atoms with E-state index in [9.17, 15) is 4.89 Å². The molecule has 0 aliphatic carbocycles. The van der Waals surface area contributed by atoms with Crippen molar-refractivity contribution >= 4 is 41.3 Å². The van der Waals surface area contributed by atoms with Gasteiger partial charge in [-0.2, -0.15) is 0 Å². The minimum Gasteiger partial charge on any atom is -0.382 e. The molecule has 0 aromatic heterocycles. The van der Waals surface area contributed by atoms with Gasteiger partial charge in [0.1, 0.15) is 14.0 Å². The first kappa shape index (κ1) is 22.8. The van der Waals surface area contributed by atoms with Gasteiger partial charge in [-0.25, -0.2) is 0 Å². The fourth-order valence-corrected chi connectivity index (χ4v) is 4.92. The Morgan fingerprint density at radius 1 is 1.12 bits per heavy atom. The van der Waals surface area contributed by atoms with Gasteiger partial charge in [0.2, 0.25) is 0 Å². The van der Waals surface area contributed by atoms with E-state index in [1.165, 1.54) is 7.17 Å². The molecule has 7 nitrogen and oxygen atoms in total. The Bertz CT molecular complexity index is 505. The summed E-state index contributed by atoms with van der Waals surface area (Å²) in [5, 5.41) is 0. The van der Waals surface area contributed by atoms with E-state index >= 15 is 0 Å². The first-order valence-electron chi connectivity index (χ1n) is 8.53. The summed E-state index contributed by atoms with van der Waals surface area (Å²) < 4.78 is 33.1. The van der Waals surface area contributed by atoms with Gasteiger partial charge in [0.25, 0.3) is 0 Å². The Morgan fingerprint density at radius 2 is 1.81 bits per heavy atom. The average Bonchev–Trinajstić information content (AvgIpc) is 3.04. The minimum atomic E-state index is -3.54. The van der Waals surface area contributed by atoms with Gasteiger partial charge < -0.3 is 32.9 Å². The molecule has 0 amide bonds. The minimum absolute atomic E-state index is 0.0274. The smallest absolute Gasteiger partial charge is 0.324 e. The van der Waals surface area contributed by atoms with E-state index in [4.69, 9.17) is 55.4 Å². The van der Waals surface area contributed by atoms with Gasteiger partial charge in [-0.05, 0) is 11.8 Å². The molecule has 5 radical (unpaired) electrons. The van der Waals surface area contributed by atoms with E-state index in [1.54, 1.807) is 14.2 Å². The van der Waals surface area contributed by atoms with E-state index in [-0.39, 0.29) is 36.7 Å². The van der Waals surface area contributed by atoms with Gasteiger partial charge in [0.15, 0.2) is 0 Å². The van der Waals surface area contributed by atoms with Gasteiger partial charge in [0, 0.05) is 45.8 Å². The summed E-state index contributed by atoms with van der Waals surface area (Å²) in [5.41, 5.74) is 0. The lowest BCUT2D eigenvalue weighted by molar-refractivity contribution is -0.0236. The summed E-state index contributed by atoms with van der Waals surface area (Å²) in [6, 6.07) is -0.966. The van der Waals surface area contributed by atoms with Crippen LogP contribution in [0, 0.1) is 11.8 Å². The highest BCUT2D eigenvalue weighted by Gasteiger charge is 2.44. The quantitative estimate of drug-likeness (QED) is 0.426. The molecule has 9 atom stereocenters. The second-order valence-corrected chi connectivity index (χ2v) is 9.47. The first-order valence-corrected chi connectivity index (χ1v) is 11.1. The molecule has 2 fully saturated rings. The van der Waals surface area contributed by atoms with E-state index in [0.29, 0.717) is 6.61 Å². The van der Waals surface area contributed by atoms with Crippen LogP contribution in [0.1, 0.15) is 13.8 Å². The van der Waals surface area contributed by atoms with Crippen LogP contribution in [0.2, 0.25) is 0 Å². The van der Waals surface area contributed by atoms with Gasteiger partial charge in [-0.1, -0.05) is 13.8 Å². The summed E-state index contributed by atoms with van der Waals surface area (Å²) in [4.78, 5) is 10.4. The molecule has 0 aromatic rings. The number of hydrogen-bond donors (Lipinski definition) is 1. The summed E-state index contributed by atoms with van der Waals surface area (Å²) >= 11 is 5.14. The second-order valence-electron chi connectivity index (χ2n) is 6.68. The van der Waals surface area contributed by atoms with Gasteiger partial charge in [0.05, 0.1) is 38.7 Å². The van der Waals surface area contributed by atoms with E-state index < -0.39 is 24.9 Å². The Balaban J connectivity index is 1.91. The van der Waals surface area contributed by atoms with Crippen molar-refractivity contribution in [3.8, 4) is 0 Å². The van der Waals surface area contributed by atoms with Crippen molar-refractivity contribution in [2.75, 3.05) is 27.4 Å². The molecule has 0 spiro atoms. The van der Waals surface area contributed by atoms with Crippen molar-refractivity contribution in [1.82, 2.24) is 0 Å². The lowest BCUT2D eigenvalue weighted by Gasteiger charge is -2.27. The van der Waals surface area contributed by atoms with E-state index in [0.717, 1.165) is 0 Å². The van der Waals surface area contributed by atoms with Crippen molar-refractivity contribution in [3.63, 3.8) is 0 Å². The summed E-state index contributed by atoms with van der Waals surface area (Å²) in [6.45, 7) is 0.739. The molecular formula is C14H25B3O7PS. The Hall–Kier alpha value is 0.565.